The van der Waals surface area contributed by atoms with E-state index in [4.69, 9.17) is 5.11 Å². The highest BCUT2D eigenvalue weighted by molar-refractivity contribution is 6.11. The molecule has 2 rings (SSSR count). The minimum Gasteiger partial charge on any atom is -0.478 e. The smallest absolute Gasteiger partial charge is 0.335 e. The van der Waals surface area contributed by atoms with Crippen LogP contribution in [-0.2, 0) is 6.42 Å². The SMILES string of the molecule is O=C(O)c1cccc(C(=O)c2ccccc2)c1CCO. The molecule has 4 heteroatoms. The summed E-state index contributed by atoms with van der Waals surface area (Å²) in [5, 5.41) is 18.3. The highest BCUT2D eigenvalue weighted by Crippen LogP contribution is 2.19. The van der Waals surface area contributed by atoms with Crippen molar-refractivity contribution < 1.29 is 19.8 Å². The second-order valence-corrected chi connectivity index (χ2v) is 4.31. The van der Waals surface area contributed by atoms with E-state index in [0.717, 1.165) is 0 Å². The van der Waals surface area contributed by atoms with Crippen LogP contribution < -0.4 is 0 Å². The molecule has 0 heterocycles. The van der Waals surface area contributed by atoms with Crippen molar-refractivity contribution >= 4 is 11.8 Å². The molecule has 0 bridgehead atoms. The fourth-order valence-electron chi connectivity index (χ4n) is 2.13. The Morgan fingerprint density at radius 2 is 1.55 bits per heavy atom. The molecule has 20 heavy (non-hydrogen) atoms. The molecule has 0 radical (unpaired) electrons. The molecule has 0 aliphatic heterocycles. The molecule has 2 aromatic carbocycles. The van der Waals surface area contributed by atoms with Crippen LogP contribution in [0.25, 0.3) is 0 Å². The van der Waals surface area contributed by atoms with Gasteiger partial charge < -0.3 is 10.2 Å². The van der Waals surface area contributed by atoms with Gasteiger partial charge >= 0.3 is 5.97 Å². The number of benzene rings is 2. The van der Waals surface area contributed by atoms with E-state index < -0.39 is 5.97 Å². The first-order chi connectivity index (χ1) is 9.65. The van der Waals surface area contributed by atoms with Gasteiger partial charge in [-0.2, -0.15) is 0 Å². The number of carboxylic acids is 1. The summed E-state index contributed by atoms with van der Waals surface area (Å²) < 4.78 is 0. The summed E-state index contributed by atoms with van der Waals surface area (Å²) in [4.78, 5) is 23.7. The topological polar surface area (TPSA) is 74.6 Å². The Kier molecular flexibility index (Phi) is 4.27. The van der Waals surface area contributed by atoms with E-state index >= 15 is 0 Å². The Balaban J connectivity index is 2.53. The summed E-state index contributed by atoms with van der Waals surface area (Å²) in [7, 11) is 0. The lowest BCUT2D eigenvalue weighted by Gasteiger charge is -2.11. The third-order valence-corrected chi connectivity index (χ3v) is 3.05. The van der Waals surface area contributed by atoms with Crippen molar-refractivity contribution in [2.24, 2.45) is 0 Å². The summed E-state index contributed by atoms with van der Waals surface area (Å²) in [6.45, 7) is -0.209. The lowest BCUT2D eigenvalue weighted by Crippen LogP contribution is -2.12. The van der Waals surface area contributed by atoms with Gasteiger partial charge in [-0.1, -0.05) is 42.5 Å². The van der Waals surface area contributed by atoms with Crippen molar-refractivity contribution in [2.45, 2.75) is 6.42 Å². The minimum absolute atomic E-state index is 0.0563. The maximum Gasteiger partial charge on any atom is 0.335 e. The van der Waals surface area contributed by atoms with Crippen molar-refractivity contribution in [3.05, 3.63) is 70.8 Å². The molecule has 0 fully saturated rings. The predicted molar refractivity (Wildman–Crippen MR) is 74.1 cm³/mol. The van der Waals surface area contributed by atoms with Gasteiger partial charge in [-0.25, -0.2) is 4.79 Å². The number of carboxylic acid groups (broad SMARTS) is 1. The number of aromatic carboxylic acids is 1. The number of carbonyl (C=O) groups excluding carboxylic acids is 1. The quantitative estimate of drug-likeness (QED) is 0.816. The van der Waals surface area contributed by atoms with Crippen molar-refractivity contribution in [3.63, 3.8) is 0 Å². The zero-order valence-electron chi connectivity index (χ0n) is 10.7. The highest BCUT2D eigenvalue weighted by Gasteiger charge is 2.18. The van der Waals surface area contributed by atoms with Crippen LogP contribution in [0.2, 0.25) is 0 Å². The summed E-state index contributed by atoms with van der Waals surface area (Å²) >= 11 is 0. The van der Waals surface area contributed by atoms with E-state index in [9.17, 15) is 14.7 Å². The van der Waals surface area contributed by atoms with Crippen LogP contribution in [0.15, 0.2) is 48.5 Å². The van der Waals surface area contributed by atoms with E-state index in [1.54, 1.807) is 42.5 Å². The van der Waals surface area contributed by atoms with Crippen LogP contribution in [0.3, 0.4) is 0 Å². The molecule has 0 saturated carbocycles. The zero-order valence-corrected chi connectivity index (χ0v) is 10.7. The minimum atomic E-state index is -1.10. The maximum absolute atomic E-state index is 12.4. The Labute approximate surface area is 116 Å². The largest absolute Gasteiger partial charge is 0.478 e. The summed E-state index contributed by atoms with van der Waals surface area (Å²) in [6, 6.07) is 13.2. The zero-order chi connectivity index (χ0) is 14.5. The summed E-state index contributed by atoms with van der Waals surface area (Å²) in [5.41, 5.74) is 1.25. The van der Waals surface area contributed by atoms with Crippen LogP contribution in [0.5, 0.6) is 0 Å². The van der Waals surface area contributed by atoms with Gasteiger partial charge in [0, 0.05) is 17.7 Å². The molecule has 2 aromatic rings. The molecule has 102 valence electrons. The van der Waals surface area contributed by atoms with Gasteiger partial charge in [-0.3, -0.25) is 4.79 Å². The second kappa shape index (κ2) is 6.12. The first-order valence-corrected chi connectivity index (χ1v) is 6.21. The van der Waals surface area contributed by atoms with Crippen molar-refractivity contribution in [1.29, 1.82) is 0 Å². The van der Waals surface area contributed by atoms with Crippen LogP contribution in [0, 0.1) is 0 Å². The number of ketones is 1. The van der Waals surface area contributed by atoms with Crippen LogP contribution in [0.1, 0.15) is 31.8 Å². The molecule has 4 nitrogen and oxygen atoms in total. The van der Waals surface area contributed by atoms with E-state index in [-0.39, 0.29) is 24.4 Å². The van der Waals surface area contributed by atoms with Crippen LogP contribution in [0.4, 0.5) is 0 Å². The Hall–Kier alpha value is -2.46. The fraction of sp³-hybridized carbons (Fsp3) is 0.125. The van der Waals surface area contributed by atoms with Crippen molar-refractivity contribution in [2.75, 3.05) is 6.61 Å². The molecule has 2 N–H and O–H groups in total. The van der Waals surface area contributed by atoms with Crippen molar-refractivity contribution in [3.8, 4) is 0 Å². The molecule has 0 aromatic heterocycles. The third kappa shape index (κ3) is 2.75. The lowest BCUT2D eigenvalue weighted by atomic mass is 9.93. The maximum atomic E-state index is 12.4. The molecule has 0 atom stereocenters. The molecule has 0 spiro atoms. The molecular formula is C16H14O4. The molecule has 0 unspecified atom stereocenters. The Morgan fingerprint density at radius 3 is 2.15 bits per heavy atom. The predicted octanol–water partition coefficient (Wildman–Crippen LogP) is 2.15. The first kappa shape index (κ1) is 14.0. The number of hydrogen-bond acceptors (Lipinski definition) is 3. The number of hydrogen-bond donors (Lipinski definition) is 2. The van der Waals surface area contributed by atoms with Gasteiger partial charge in [0.2, 0.25) is 0 Å². The second-order valence-electron chi connectivity index (χ2n) is 4.31. The average molecular weight is 270 g/mol. The van der Waals surface area contributed by atoms with Gasteiger partial charge in [0.1, 0.15) is 0 Å². The number of aliphatic hydroxyl groups is 1. The van der Waals surface area contributed by atoms with E-state index in [0.29, 0.717) is 16.7 Å². The van der Waals surface area contributed by atoms with E-state index in [1.165, 1.54) is 6.07 Å². The Bertz CT molecular complexity index is 632. The number of carbonyl (C=O) groups is 2. The van der Waals surface area contributed by atoms with Gasteiger partial charge in [-0.15, -0.1) is 0 Å². The molecule has 0 aliphatic carbocycles. The molecule has 0 aliphatic rings. The van der Waals surface area contributed by atoms with E-state index in [1.807, 2.05) is 0 Å². The number of aliphatic hydroxyl groups excluding tert-OH is 1. The highest BCUT2D eigenvalue weighted by atomic mass is 16.4. The van der Waals surface area contributed by atoms with Gasteiger partial charge in [0.25, 0.3) is 0 Å². The summed E-state index contributed by atoms with van der Waals surface area (Å²) in [6.07, 6.45) is 0.135. The standard InChI is InChI=1S/C16H14O4/c17-10-9-12-13(7-4-8-14(12)16(19)20)15(18)11-5-2-1-3-6-11/h1-8,17H,9-10H2,(H,19,20). The van der Waals surface area contributed by atoms with E-state index in [2.05, 4.69) is 0 Å². The lowest BCUT2D eigenvalue weighted by molar-refractivity contribution is 0.0695. The van der Waals surface area contributed by atoms with Crippen LogP contribution >= 0.6 is 0 Å². The van der Waals surface area contributed by atoms with Crippen LogP contribution in [-0.4, -0.2) is 28.6 Å². The molecule has 0 amide bonds. The van der Waals surface area contributed by atoms with Gasteiger partial charge in [0.15, 0.2) is 5.78 Å². The normalized spacial score (nSPS) is 10.2. The summed E-state index contributed by atoms with van der Waals surface area (Å²) in [5.74, 6) is -1.34. The molecule has 0 saturated heterocycles. The average Bonchev–Trinajstić information content (AvgIpc) is 2.47. The fourth-order valence-corrected chi connectivity index (χ4v) is 2.13. The first-order valence-electron chi connectivity index (χ1n) is 6.21. The van der Waals surface area contributed by atoms with Crippen molar-refractivity contribution in [1.82, 2.24) is 0 Å². The van der Waals surface area contributed by atoms with Gasteiger partial charge in [0.05, 0.1) is 5.56 Å². The molecular weight excluding hydrogens is 256 g/mol. The van der Waals surface area contributed by atoms with Gasteiger partial charge in [-0.05, 0) is 18.1 Å². The third-order valence-electron chi connectivity index (χ3n) is 3.05. The monoisotopic (exact) mass is 270 g/mol. The Morgan fingerprint density at radius 1 is 0.900 bits per heavy atom. The number of rotatable bonds is 5.